The summed E-state index contributed by atoms with van der Waals surface area (Å²) < 4.78 is 0. The molecule has 2 fully saturated rings. The molecule has 98 valence electrons. The maximum atomic E-state index is 12.2. The number of nitro benzene ring substituents is 1. The average molecular weight is 261 g/mol. The Bertz CT molecular complexity index is 564. The zero-order chi connectivity index (χ0) is 13.6. The van der Waals surface area contributed by atoms with Crippen molar-refractivity contribution in [3.63, 3.8) is 0 Å². The number of imide groups is 1. The van der Waals surface area contributed by atoms with Gasteiger partial charge in [0.25, 0.3) is 11.6 Å². The number of para-hydroxylation sites is 2. The van der Waals surface area contributed by atoms with E-state index in [4.69, 9.17) is 0 Å². The predicted octanol–water partition coefficient (Wildman–Crippen LogP) is 1.53. The van der Waals surface area contributed by atoms with Crippen LogP contribution in [0.3, 0.4) is 0 Å². The molecule has 0 saturated carbocycles. The number of hydrogen-bond donors (Lipinski definition) is 0. The molecule has 7 nitrogen and oxygen atoms in total. The molecule has 2 saturated heterocycles. The van der Waals surface area contributed by atoms with E-state index in [1.165, 1.54) is 23.1 Å². The molecule has 19 heavy (non-hydrogen) atoms. The lowest BCUT2D eigenvalue weighted by molar-refractivity contribution is -0.384. The van der Waals surface area contributed by atoms with Crippen molar-refractivity contribution < 1.29 is 14.5 Å². The Morgan fingerprint density at radius 1 is 1.26 bits per heavy atom. The van der Waals surface area contributed by atoms with E-state index in [0.29, 0.717) is 13.0 Å². The van der Waals surface area contributed by atoms with Gasteiger partial charge in [-0.1, -0.05) is 12.1 Å². The van der Waals surface area contributed by atoms with Gasteiger partial charge in [-0.25, -0.2) is 9.69 Å². The zero-order valence-electron chi connectivity index (χ0n) is 9.98. The fourth-order valence-corrected chi connectivity index (χ4v) is 2.65. The molecule has 2 aliphatic rings. The molecule has 0 spiro atoms. The summed E-state index contributed by atoms with van der Waals surface area (Å²) in [6.45, 7) is 0.534. The van der Waals surface area contributed by atoms with Crippen molar-refractivity contribution in [2.24, 2.45) is 0 Å². The van der Waals surface area contributed by atoms with Gasteiger partial charge >= 0.3 is 6.03 Å². The maximum absolute atomic E-state index is 12.2. The molecular weight excluding hydrogens is 250 g/mol. The Labute approximate surface area is 108 Å². The number of urea groups is 1. The molecule has 3 amide bonds. The van der Waals surface area contributed by atoms with Gasteiger partial charge in [0.05, 0.1) is 4.92 Å². The fraction of sp³-hybridized carbons (Fsp3) is 0.333. The van der Waals surface area contributed by atoms with Gasteiger partial charge in [0, 0.05) is 12.6 Å². The minimum absolute atomic E-state index is 0.0527. The summed E-state index contributed by atoms with van der Waals surface area (Å²) >= 11 is 0. The average Bonchev–Trinajstić information content (AvgIpc) is 2.95. The first kappa shape index (κ1) is 11.6. The molecule has 0 unspecified atom stereocenters. The summed E-state index contributed by atoms with van der Waals surface area (Å²) in [5, 5.41) is 11.0. The first-order valence-corrected chi connectivity index (χ1v) is 5.99. The van der Waals surface area contributed by atoms with Crippen LogP contribution >= 0.6 is 0 Å². The second-order valence-electron chi connectivity index (χ2n) is 4.55. The number of anilines is 1. The number of hydrogen-bond acceptors (Lipinski definition) is 4. The lowest BCUT2D eigenvalue weighted by atomic mass is 10.2. The topological polar surface area (TPSA) is 83.8 Å². The van der Waals surface area contributed by atoms with E-state index in [0.717, 1.165) is 11.3 Å². The molecule has 0 N–H and O–H groups in total. The van der Waals surface area contributed by atoms with Crippen molar-refractivity contribution in [2.45, 2.75) is 18.9 Å². The molecule has 0 aliphatic carbocycles. The second-order valence-corrected chi connectivity index (χ2v) is 4.55. The van der Waals surface area contributed by atoms with Crippen LogP contribution < -0.4 is 4.90 Å². The van der Waals surface area contributed by atoms with Crippen LogP contribution in [-0.2, 0) is 4.79 Å². The van der Waals surface area contributed by atoms with Crippen molar-refractivity contribution in [2.75, 3.05) is 11.4 Å². The molecule has 2 aliphatic heterocycles. The van der Waals surface area contributed by atoms with Gasteiger partial charge in [-0.15, -0.1) is 0 Å². The summed E-state index contributed by atoms with van der Waals surface area (Å²) in [7, 11) is 0. The molecule has 1 atom stereocenters. The fourth-order valence-electron chi connectivity index (χ4n) is 2.65. The Kier molecular flexibility index (Phi) is 2.48. The highest BCUT2D eigenvalue weighted by Crippen LogP contribution is 2.35. The molecule has 2 heterocycles. The Morgan fingerprint density at radius 3 is 2.68 bits per heavy atom. The molecular formula is C12H11N3O4. The van der Waals surface area contributed by atoms with Gasteiger partial charge in [0.15, 0.2) is 0 Å². The summed E-state index contributed by atoms with van der Waals surface area (Å²) in [6.07, 6.45) is 1.43. The van der Waals surface area contributed by atoms with E-state index in [-0.39, 0.29) is 17.3 Å². The number of fused-ring (bicyclic) bond motifs is 1. The molecule has 1 aromatic carbocycles. The van der Waals surface area contributed by atoms with Gasteiger partial charge in [0.2, 0.25) is 0 Å². The predicted molar refractivity (Wildman–Crippen MR) is 65.7 cm³/mol. The van der Waals surface area contributed by atoms with Crippen LogP contribution in [0.25, 0.3) is 0 Å². The number of nitro groups is 1. The molecule has 1 aromatic rings. The number of nitrogens with zero attached hydrogens (tertiary/aromatic N) is 3. The van der Waals surface area contributed by atoms with Gasteiger partial charge in [-0.3, -0.25) is 14.9 Å². The lowest BCUT2D eigenvalue weighted by Crippen LogP contribution is -2.33. The summed E-state index contributed by atoms with van der Waals surface area (Å²) in [5.74, 6) is -0.364. The number of carbonyl (C=O) groups excluding carboxylic acids is 2. The van der Waals surface area contributed by atoms with Gasteiger partial charge in [-0.2, -0.15) is 0 Å². The minimum atomic E-state index is -0.584. The SMILES string of the molecule is O=C1[C@H]2CCCN2C(=O)N1c1ccccc1[N+](=O)[O-]. The second kappa shape index (κ2) is 4.04. The van der Waals surface area contributed by atoms with Crippen LogP contribution in [-0.4, -0.2) is 34.3 Å². The van der Waals surface area contributed by atoms with Crippen molar-refractivity contribution in [1.82, 2.24) is 4.90 Å². The van der Waals surface area contributed by atoms with E-state index in [2.05, 4.69) is 0 Å². The van der Waals surface area contributed by atoms with E-state index < -0.39 is 17.0 Å². The third-order valence-corrected chi connectivity index (χ3v) is 3.51. The van der Waals surface area contributed by atoms with E-state index in [9.17, 15) is 19.7 Å². The van der Waals surface area contributed by atoms with Crippen LogP contribution in [0.4, 0.5) is 16.2 Å². The standard InChI is InChI=1S/C12H11N3O4/c16-11-10-6-3-7-13(10)12(17)14(11)8-4-1-2-5-9(8)15(18)19/h1-2,4-5,10H,3,6-7H2/t10-/m1/s1. The third-order valence-electron chi connectivity index (χ3n) is 3.51. The van der Waals surface area contributed by atoms with Crippen molar-refractivity contribution in [3.05, 3.63) is 34.4 Å². The molecule has 0 aromatic heterocycles. The molecule has 7 heteroatoms. The van der Waals surface area contributed by atoms with Crippen LogP contribution in [0.2, 0.25) is 0 Å². The van der Waals surface area contributed by atoms with Crippen LogP contribution in [0.15, 0.2) is 24.3 Å². The Balaban J connectivity index is 2.06. The first-order chi connectivity index (χ1) is 9.11. The van der Waals surface area contributed by atoms with Gasteiger partial charge < -0.3 is 4.90 Å². The number of carbonyl (C=O) groups is 2. The normalized spacial score (nSPS) is 22.0. The van der Waals surface area contributed by atoms with Crippen molar-refractivity contribution in [3.8, 4) is 0 Å². The Morgan fingerprint density at radius 2 is 2.00 bits per heavy atom. The minimum Gasteiger partial charge on any atom is -0.312 e. The largest absolute Gasteiger partial charge is 0.332 e. The molecule has 3 rings (SSSR count). The lowest BCUT2D eigenvalue weighted by Gasteiger charge is -2.15. The zero-order valence-corrected chi connectivity index (χ0v) is 9.98. The monoisotopic (exact) mass is 261 g/mol. The number of benzene rings is 1. The smallest absolute Gasteiger partial charge is 0.312 e. The number of amides is 3. The third kappa shape index (κ3) is 1.58. The van der Waals surface area contributed by atoms with Crippen molar-refractivity contribution in [1.29, 1.82) is 0 Å². The molecule has 0 radical (unpaired) electrons. The van der Waals surface area contributed by atoms with Crippen LogP contribution in [0, 0.1) is 10.1 Å². The van der Waals surface area contributed by atoms with Gasteiger partial charge in [0.1, 0.15) is 11.7 Å². The van der Waals surface area contributed by atoms with Gasteiger partial charge in [-0.05, 0) is 18.9 Å². The highest BCUT2D eigenvalue weighted by atomic mass is 16.6. The highest BCUT2D eigenvalue weighted by molar-refractivity contribution is 6.22. The van der Waals surface area contributed by atoms with Crippen LogP contribution in [0.1, 0.15) is 12.8 Å². The highest BCUT2D eigenvalue weighted by Gasteiger charge is 2.49. The summed E-state index contributed by atoms with van der Waals surface area (Å²) in [4.78, 5) is 37.2. The van der Waals surface area contributed by atoms with Crippen LogP contribution in [0.5, 0.6) is 0 Å². The summed E-state index contributed by atoms with van der Waals surface area (Å²) in [5.41, 5.74) is -0.178. The van der Waals surface area contributed by atoms with E-state index in [1.54, 1.807) is 6.07 Å². The number of rotatable bonds is 2. The first-order valence-electron chi connectivity index (χ1n) is 5.99. The quantitative estimate of drug-likeness (QED) is 0.459. The Hall–Kier alpha value is -2.44. The van der Waals surface area contributed by atoms with Crippen molar-refractivity contribution >= 4 is 23.3 Å². The van der Waals surface area contributed by atoms with E-state index >= 15 is 0 Å². The maximum Gasteiger partial charge on any atom is 0.332 e. The summed E-state index contributed by atoms with van der Waals surface area (Å²) in [6, 6.07) is 4.89. The van der Waals surface area contributed by atoms with E-state index in [1.807, 2.05) is 0 Å². The molecule has 0 bridgehead atoms.